The maximum absolute atomic E-state index is 3.67. The van der Waals surface area contributed by atoms with Crippen LogP contribution in [-0.4, -0.2) is 5.43 Å². The van der Waals surface area contributed by atoms with E-state index in [1.807, 2.05) is 0 Å². The van der Waals surface area contributed by atoms with Gasteiger partial charge in [0.1, 0.15) is 0 Å². The van der Waals surface area contributed by atoms with E-state index in [1.54, 1.807) is 23.3 Å². The molecule has 0 nitrogen and oxygen atoms in total. The number of fused-ring (bicyclic) bond motifs is 3. The van der Waals surface area contributed by atoms with Crippen molar-refractivity contribution in [2.75, 3.05) is 0 Å². The zero-order chi connectivity index (χ0) is 24.3. The van der Waals surface area contributed by atoms with Crippen molar-refractivity contribution in [2.45, 2.75) is 85.7 Å². The number of rotatable bonds is 0. The largest absolute Gasteiger partial charge is 0.211 e. The SMILES string of the molecule is CC(C)(C)c1[c-]c2c(cc1)-c1ccc(C(C)(C)C)cc1C2.C[Si](C)=[Zr+2].Cc1ccc(C)[cH-]1. The first-order valence-electron chi connectivity index (χ1n) is 11.6. The Morgan fingerprint density at radius 2 is 1.34 bits per heavy atom. The Balaban J connectivity index is 0.000000273. The molecule has 1 aliphatic carbocycles. The third kappa shape index (κ3) is 7.74. The van der Waals surface area contributed by atoms with Crippen molar-refractivity contribution in [1.29, 1.82) is 0 Å². The summed E-state index contributed by atoms with van der Waals surface area (Å²) in [5.41, 5.74) is 11.6. The summed E-state index contributed by atoms with van der Waals surface area (Å²) in [5, 5.41) is 0. The topological polar surface area (TPSA) is 0 Å². The third-order valence-corrected chi connectivity index (χ3v) is 5.53. The molecule has 0 unspecified atom stereocenters. The average molecular weight is 520 g/mol. The Kier molecular flexibility index (Phi) is 9.22. The van der Waals surface area contributed by atoms with Crippen molar-refractivity contribution in [1.82, 2.24) is 0 Å². The molecule has 0 N–H and O–H groups in total. The molecule has 0 saturated heterocycles. The van der Waals surface area contributed by atoms with Crippen molar-refractivity contribution < 1.29 is 23.3 Å². The van der Waals surface area contributed by atoms with Crippen LogP contribution in [0.3, 0.4) is 0 Å². The van der Waals surface area contributed by atoms with Crippen LogP contribution in [-0.2, 0) is 40.6 Å². The molecular weight excluding hydrogens is 480 g/mol. The Morgan fingerprint density at radius 1 is 0.812 bits per heavy atom. The molecule has 32 heavy (non-hydrogen) atoms. The van der Waals surface area contributed by atoms with Gasteiger partial charge in [-0.3, -0.25) is 0 Å². The fourth-order valence-corrected chi connectivity index (χ4v) is 3.75. The molecule has 1 aliphatic rings. The van der Waals surface area contributed by atoms with E-state index in [9.17, 15) is 0 Å². The maximum atomic E-state index is 3.67. The molecule has 0 aliphatic heterocycles. The molecule has 4 rings (SSSR count). The van der Waals surface area contributed by atoms with E-state index >= 15 is 0 Å². The average Bonchev–Trinajstić information content (AvgIpc) is 3.21. The summed E-state index contributed by atoms with van der Waals surface area (Å²) in [7, 11) is 0. The van der Waals surface area contributed by atoms with E-state index in [0.717, 1.165) is 6.42 Å². The zero-order valence-electron chi connectivity index (χ0n) is 21.8. The molecular formula is C30H40SiZr. The monoisotopic (exact) mass is 518 g/mol. The van der Waals surface area contributed by atoms with E-state index in [1.165, 1.54) is 44.5 Å². The first-order chi connectivity index (χ1) is 14.7. The molecule has 0 atom stereocenters. The minimum atomic E-state index is 0.167. The molecule has 0 fully saturated rings. The molecule has 3 aromatic carbocycles. The summed E-state index contributed by atoms with van der Waals surface area (Å²) in [6, 6.07) is 21.6. The van der Waals surface area contributed by atoms with E-state index in [0.29, 0.717) is 0 Å². The van der Waals surface area contributed by atoms with Crippen LogP contribution < -0.4 is 0 Å². The van der Waals surface area contributed by atoms with Crippen LogP contribution in [0.5, 0.6) is 0 Å². The van der Waals surface area contributed by atoms with Crippen molar-refractivity contribution in [3.63, 3.8) is 0 Å². The summed E-state index contributed by atoms with van der Waals surface area (Å²) < 4.78 is 0. The number of aryl methyl sites for hydroxylation is 2. The molecule has 0 radical (unpaired) electrons. The fourth-order valence-electron chi connectivity index (χ4n) is 3.75. The molecule has 0 bridgehead atoms. The van der Waals surface area contributed by atoms with Crippen LogP contribution in [0.1, 0.15) is 74.9 Å². The van der Waals surface area contributed by atoms with Crippen LogP contribution in [0.15, 0.2) is 48.5 Å². The molecule has 168 valence electrons. The Labute approximate surface area is 212 Å². The van der Waals surface area contributed by atoms with Crippen molar-refractivity contribution in [2.24, 2.45) is 0 Å². The second-order valence-electron chi connectivity index (χ2n) is 11.3. The van der Waals surface area contributed by atoms with Gasteiger partial charge in [0.05, 0.1) is 0 Å². The van der Waals surface area contributed by atoms with Crippen LogP contribution in [0.25, 0.3) is 11.1 Å². The normalized spacial score (nSPS) is 12.1. The van der Waals surface area contributed by atoms with Gasteiger partial charge in [-0.2, -0.15) is 41.0 Å². The van der Waals surface area contributed by atoms with Gasteiger partial charge in [0.2, 0.25) is 0 Å². The first-order valence-corrected chi connectivity index (χ1v) is 17.8. The second kappa shape index (κ2) is 10.9. The standard InChI is InChI=1S/C21H25.C7H9.C2H6Si.Zr/c1-20(2,3)16-7-9-18-14(12-16)11-15-13-17(21(4,5)6)8-10-19(15)18;1-6-3-4-7(2)5-6;1-3-2;/h7-10,12H,11H2,1-6H3;3-5H,1-2H3;1-2H3;/q2*-1;;+2. The minimum Gasteiger partial charge on any atom is -0.211 e. The molecule has 0 aromatic heterocycles. The summed E-state index contributed by atoms with van der Waals surface area (Å²) in [6.45, 7) is 22.4. The van der Waals surface area contributed by atoms with Gasteiger partial charge in [0, 0.05) is 0 Å². The molecule has 0 saturated carbocycles. The van der Waals surface area contributed by atoms with Gasteiger partial charge < -0.3 is 0 Å². The van der Waals surface area contributed by atoms with E-state index in [-0.39, 0.29) is 16.3 Å². The fraction of sp³-hybridized carbons (Fsp3) is 0.433. The second-order valence-corrected chi connectivity index (χ2v) is 20.7. The van der Waals surface area contributed by atoms with Crippen LogP contribution in [0, 0.1) is 19.9 Å². The smallest absolute Gasteiger partial charge is 0.0635 e. The number of hydrogen-bond acceptors (Lipinski definition) is 0. The quantitative estimate of drug-likeness (QED) is 0.161. The Bertz CT molecular complexity index is 989. The third-order valence-electron chi connectivity index (χ3n) is 5.53. The predicted octanol–water partition coefficient (Wildman–Crippen LogP) is 8.46. The molecule has 0 spiro atoms. The van der Waals surface area contributed by atoms with Crippen molar-refractivity contribution in [3.8, 4) is 11.1 Å². The van der Waals surface area contributed by atoms with Gasteiger partial charge in [-0.15, -0.1) is 11.1 Å². The summed E-state index contributed by atoms with van der Waals surface area (Å²) >= 11 is 1.74. The maximum Gasteiger partial charge on any atom is -0.0635 e. The molecule has 0 heterocycles. The summed E-state index contributed by atoms with van der Waals surface area (Å²) in [6.07, 6.45) is 1.03. The first kappa shape index (κ1) is 27.1. The van der Waals surface area contributed by atoms with Gasteiger partial charge in [-0.25, -0.2) is 12.1 Å². The molecule has 2 heteroatoms. The zero-order valence-corrected chi connectivity index (χ0v) is 25.3. The van der Waals surface area contributed by atoms with Gasteiger partial charge in [0.25, 0.3) is 0 Å². The summed E-state index contributed by atoms with van der Waals surface area (Å²) in [5.74, 6) is 0. The van der Waals surface area contributed by atoms with E-state index in [2.05, 4.69) is 123 Å². The van der Waals surface area contributed by atoms with E-state index in [4.69, 9.17) is 0 Å². The number of hydrogen-bond donors (Lipinski definition) is 0. The van der Waals surface area contributed by atoms with Crippen LogP contribution in [0.2, 0.25) is 13.1 Å². The van der Waals surface area contributed by atoms with Crippen molar-refractivity contribution in [3.05, 3.63) is 88.0 Å². The van der Waals surface area contributed by atoms with Gasteiger partial charge in [0.15, 0.2) is 0 Å². The molecule has 0 amide bonds. The van der Waals surface area contributed by atoms with E-state index < -0.39 is 0 Å². The van der Waals surface area contributed by atoms with Crippen LogP contribution >= 0.6 is 0 Å². The van der Waals surface area contributed by atoms with Gasteiger partial charge in [-0.1, -0.05) is 79.2 Å². The summed E-state index contributed by atoms with van der Waals surface area (Å²) in [4.78, 5) is 0. The van der Waals surface area contributed by atoms with Gasteiger partial charge >= 0.3 is 41.9 Å². The van der Waals surface area contributed by atoms with Crippen LogP contribution in [0.4, 0.5) is 0 Å². The predicted molar refractivity (Wildman–Crippen MR) is 140 cm³/mol. The molecule has 3 aromatic rings. The number of benzene rings is 2. The van der Waals surface area contributed by atoms with Gasteiger partial charge in [-0.05, 0) is 28.4 Å². The van der Waals surface area contributed by atoms with Crippen molar-refractivity contribution >= 4 is 5.43 Å². The minimum absolute atomic E-state index is 0.167. The Hall–Kier alpha value is -1.11. The Morgan fingerprint density at radius 3 is 1.78 bits per heavy atom.